The molecule has 0 aliphatic carbocycles. The van der Waals surface area contributed by atoms with E-state index in [0.29, 0.717) is 5.69 Å². The molecule has 0 aliphatic rings. The molecule has 0 saturated heterocycles. The molecule has 228 valence electrons. The Balaban J connectivity index is 0.000000178. The summed E-state index contributed by atoms with van der Waals surface area (Å²) in [6.45, 7) is 0.382. The molecular formula is C29H19F7IrN7. The second kappa shape index (κ2) is 15.7. The number of nitrogens with zero attached hydrogens (tertiary/aromatic N) is 7. The quantitative estimate of drug-likeness (QED) is 0.155. The number of rotatable bonds is 5. The van der Waals surface area contributed by atoms with Crippen LogP contribution in [0.5, 0.6) is 0 Å². The van der Waals surface area contributed by atoms with Crippen LogP contribution in [0.25, 0.3) is 11.4 Å². The van der Waals surface area contributed by atoms with E-state index in [1.165, 1.54) is 15.6 Å². The summed E-state index contributed by atoms with van der Waals surface area (Å²) in [6.07, 6.45) is 3.54. The molecule has 0 bridgehead atoms. The Hall–Kier alpha value is -4.62. The SMILES string of the molecule is FC(F)(F)c1cc(-c2ccccn2)[n-]n1.Fc1[c-]c(Cn2cccn2)c(F)cc1.Fc1[c-]c(Cn2cccn2)c(F)cc1.[Ir+3]. The van der Waals surface area contributed by atoms with Gasteiger partial charge in [0, 0.05) is 73.0 Å². The van der Waals surface area contributed by atoms with Crippen molar-refractivity contribution in [2.45, 2.75) is 19.3 Å². The van der Waals surface area contributed by atoms with Crippen molar-refractivity contribution in [3.05, 3.63) is 144 Å². The van der Waals surface area contributed by atoms with Crippen molar-refractivity contribution in [1.29, 1.82) is 0 Å². The number of aromatic nitrogens is 7. The molecule has 0 amide bonds. The predicted octanol–water partition coefficient (Wildman–Crippen LogP) is 6.14. The Morgan fingerprint density at radius 2 is 1.25 bits per heavy atom. The van der Waals surface area contributed by atoms with E-state index in [-0.39, 0.29) is 50.0 Å². The zero-order valence-electron chi connectivity index (χ0n) is 22.2. The molecule has 0 unspecified atom stereocenters. The van der Waals surface area contributed by atoms with Crippen LogP contribution in [0.3, 0.4) is 0 Å². The van der Waals surface area contributed by atoms with Gasteiger partial charge in [0.05, 0.1) is 0 Å². The molecule has 2 aromatic carbocycles. The second-order valence-electron chi connectivity index (χ2n) is 8.50. The van der Waals surface area contributed by atoms with Crippen molar-refractivity contribution in [3.8, 4) is 11.4 Å². The third-order valence-electron chi connectivity index (χ3n) is 5.38. The third-order valence-corrected chi connectivity index (χ3v) is 5.38. The number of pyridine rings is 1. The number of benzene rings is 2. The van der Waals surface area contributed by atoms with Gasteiger partial charge in [-0.1, -0.05) is 11.8 Å². The maximum Gasteiger partial charge on any atom is 3.00 e. The summed E-state index contributed by atoms with van der Waals surface area (Å²) in [4.78, 5) is 3.87. The van der Waals surface area contributed by atoms with Crippen LogP contribution in [0, 0.1) is 35.4 Å². The van der Waals surface area contributed by atoms with Gasteiger partial charge in [0.2, 0.25) is 0 Å². The van der Waals surface area contributed by atoms with Gasteiger partial charge in [0.1, 0.15) is 5.69 Å². The number of hydrogen-bond donors (Lipinski definition) is 0. The standard InChI is InChI=1S/2C10H7F2N2.C9H5F3N3.Ir/c2*11-9-2-3-10(12)8(6-9)7-14-5-1-4-13-14;10-9(11,12)8-5-7(14-15-8)6-3-1-2-4-13-6;/h2*1-5H,7H2;1-5H;/q3*-1;+3. The second-order valence-corrected chi connectivity index (χ2v) is 8.50. The van der Waals surface area contributed by atoms with Gasteiger partial charge in [0.25, 0.3) is 0 Å². The first kappa shape index (κ1) is 33.9. The molecule has 0 fully saturated rings. The molecule has 0 aliphatic heterocycles. The molecule has 0 saturated carbocycles. The van der Waals surface area contributed by atoms with Crippen LogP contribution in [0.1, 0.15) is 16.8 Å². The summed E-state index contributed by atoms with van der Waals surface area (Å²) in [7, 11) is 0. The van der Waals surface area contributed by atoms with Crippen LogP contribution in [0.4, 0.5) is 30.7 Å². The van der Waals surface area contributed by atoms with E-state index in [9.17, 15) is 30.7 Å². The molecular weight excluding hydrogens is 772 g/mol. The maximum atomic E-state index is 13.1. The van der Waals surface area contributed by atoms with E-state index in [1.54, 1.807) is 55.1 Å². The van der Waals surface area contributed by atoms with Gasteiger partial charge in [0.15, 0.2) is 0 Å². The van der Waals surface area contributed by atoms with Crippen molar-refractivity contribution >= 4 is 0 Å². The summed E-state index contributed by atoms with van der Waals surface area (Å²) < 4.78 is 91.3. The van der Waals surface area contributed by atoms with E-state index < -0.39 is 35.1 Å². The smallest absolute Gasteiger partial charge is 0.573 e. The normalized spacial score (nSPS) is 10.6. The Bertz CT molecular complexity index is 1620. The predicted molar refractivity (Wildman–Crippen MR) is 139 cm³/mol. The molecule has 44 heavy (non-hydrogen) atoms. The van der Waals surface area contributed by atoms with Gasteiger partial charge in [-0.05, 0) is 30.3 Å². The van der Waals surface area contributed by atoms with Gasteiger partial charge >= 0.3 is 26.3 Å². The molecule has 0 atom stereocenters. The number of halogens is 7. The Kier molecular flexibility index (Phi) is 12.1. The average molecular weight is 791 g/mol. The van der Waals surface area contributed by atoms with Crippen LogP contribution in [0.2, 0.25) is 0 Å². The zero-order valence-corrected chi connectivity index (χ0v) is 24.6. The number of alkyl halides is 3. The fourth-order valence-corrected chi connectivity index (χ4v) is 3.40. The van der Waals surface area contributed by atoms with Gasteiger partial charge in [-0.25, -0.2) is 8.78 Å². The molecule has 4 aromatic heterocycles. The van der Waals surface area contributed by atoms with Crippen LogP contribution < -0.4 is 5.10 Å². The fourth-order valence-electron chi connectivity index (χ4n) is 3.40. The summed E-state index contributed by atoms with van der Waals surface area (Å²) in [6, 6.07) is 18.1. The molecule has 15 heteroatoms. The number of hydrogen-bond acceptors (Lipinski definition) is 4. The van der Waals surface area contributed by atoms with Crippen molar-refractivity contribution in [2.75, 3.05) is 0 Å². The molecule has 0 radical (unpaired) electrons. The Labute approximate surface area is 259 Å². The molecule has 0 N–H and O–H groups in total. The molecule has 6 rings (SSSR count). The third kappa shape index (κ3) is 9.99. The summed E-state index contributed by atoms with van der Waals surface area (Å²) >= 11 is 0. The Morgan fingerprint density at radius 1 is 0.705 bits per heavy atom. The monoisotopic (exact) mass is 791 g/mol. The van der Waals surface area contributed by atoms with E-state index in [4.69, 9.17) is 0 Å². The molecule has 0 spiro atoms. The van der Waals surface area contributed by atoms with Gasteiger partial charge in [-0.2, -0.15) is 23.4 Å². The maximum absolute atomic E-state index is 13.1. The minimum atomic E-state index is -4.46. The van der Waals surface area contributed by atoms with Crippen molar-refractivity contribution in [1.82, 2.24) is 34.7 Å². The largest absolute Gasteiger partial charge is 3.00 e. The van der Waals surface area contributed by atoms with E-state index in [1.807, 2.05) is 0 Å². The van der Waals surface area contributed by atoms with Crippen LogP contribution >= 0.6 is 0 Å². The summed E-state index contributed by atoms with van der Waals surface area (Å²) in [5.41, 5.74) is -0.144. The first-order valence-electron chi connectivity index (χ1n) is 12.2. The van der Waals surface area contributed by atoms with Crippen LogP contribution in [0.15, 0.2) is 91.6 Å². The van der Waals surface area contributed by atoms with Crippen LogP contribution in [-0.4, -0.2) is 29.6 Å². The minimum absolute atomic E-state index is 0. The first-order chi connectivity index (χ1) is 20.6. The van der Waals surface area contributed by atoms with Crippen molar-refractivity contribution in [3.63, 3.8) is 0 Å². The molecule has 4 heterocycles. The average Bonchev–Trinajstić information content (AvgIpc) is 3.77. The minimum Gasteiger partial charge on any atom is -0.573 e. The van der Waals surface area contributed by atoms with E-state index >= 15 is 0 Å². The first-order valence-corrected chi connectivity index (χ1v) is 12.2. The fraction of sp³-hybridized carbons (Fsp3) is 0.103. The van der Waals surface area contributed by atoms with Crippen molar-refractivity contribution in [2.24, 2.45) is 0 Å². The van der Waals surface area contributed by atoms with Crippen molar-refractivity contribution < 1.29 is 50.8 Å². The molecule has 7 nitrogen and oxygen atoms in total. The summed E-state index contributed by atoms with van der Waals surface area (Å²) in [5.74, 6) is -2.06. The van der Waals surface area contributed by atoms with Gasteiger partial charge < -0.3 is 10.2 Å². The zero-order chi connectivity index (χ0) is 30.8. The summed E-state index contributed by atoms with van der Waals surface area (Å²) in [5, 5.41) is 14.2. The molecule has 6 aromatic rings. The Morgan fingerprint density at radius 3 is 1.66 bits per heavy atom. The van der Waals surface area contributed by atoms with Gasteiger partial charge in [-0.15, -0.1) is 47.5 Å². The van der Waals surface area contributed by atoms with E-state index in [2.05, 4.69) is 37.5 Å². The van der Waals surface area contributed by atoms with Gasteiger partial charge in [-0.3, -0.25) is 23.1 Å². The van der Waals surface area contributed by atoms with E-state index in [0.717, 1.165) is 30.3 Å². The topological polar surface area (TPSA) is 75.5 Å². The van der Waals surface area contributed by atoms with Crippen LogP contribution in [-0.2, 0) is 39.4 Å².